The molecule has 5 N–H and O–H groups in total. The molecule has 2 aromatic carbocycles. The normalized spacial score (nSPS) is 16.7. The Labute approximate surface area is 359 Å². The summed E-state index contributed by atoms with van der Waals surface area (Å²) in [7, 11) is 2.55. The lowest BCUT2D eigenvalue weighted by Crippen LogP contribution is -2.60. The van der Waals surface area contributed by atoms with Crippen LogP contribution in [0.3, 0.4) is 0 Å². The van der Waals surface area contributed by atoms with E-state index in [4.69, 9.17) is 14.5 Å². The van der Waals surface area contributed by atoms with Gasteiger partial charge in [0.25, 0.3) is 5.91 Å². The maximum atomic E-state index is 13.4. The summed E-state index contributed by atoms with van der Waals surface area (Å²) in [5.41, 5.74) is 3.27. The molecule has 14 nitrogen and oxygen atoms in total. The molecule has 2 heterocycles. The SMILES string of the molecule is COC(=O)N[C@H](C(=O)N(CCCNC(=O)c1ccc(-c2ccc(-c3c[nH]c([C@]4(CCCNC(=O)[C@](C)(NC(=O)OC)C(C)C)CS4)n3)cc2)cc1)CC(C)I)C(C)C. The number of aromatic amines is 1. The Bertz CT molecular complexity index is 1870. The van der Waals surface area contributed by atoms with Gasteiger partial charge in [-0.1, -0.05) is 93.6 Å². The van der Waals surface area contributed by atoms with Gasteiger partial charge in [0.15, 0.2) is 0 Å². The largest absolute Gasteiger partial charge is 0.453 e. The lowest BCUT2D eigenvalue weighted by molar-refractivity contribution is -0.134. The number of halogens is 1. The smallest absolute Gasteiger partial charge is 0.407 e. The lowest BCUT2D eigenvalue weighted by atomic mass is 9.87. The van der Waals surface area contributed by atoms with E-state index in [0.29, 0.717) is 38.2 Å². The minimum Gasteiger partial charge on any atom is -0.453 e. The predicted octanol–water partition coefficient (Wildman–Crippen LogP) is 6.51. The Balaban J connectivity index is 1.27. The molecule has 1 aromatic heterocycles. The van der Waals surface area contributed by atoms with E-state index in [-0.39, 0.29) is 38.2 Å². The van der Waals surface area contributed by atoms with Crippen LogP contribution in [0.5, 0.6) is 0 Å². The highest BCUT2D eigenvalue weighted by Crippen LogP contribution is 2.55. The highest BCUT2D eigenvalue weighted by atomic mass is 127. The van der Waals surface area contributed by atoms with E-state index < -0.39 is 23.8 Å². The molecule has 1 aliphatic rings. The average molecular weight is 932 g/mol. The van der Waals surface area contributed by atoms with Crippen molar-refractivity contribution in [1.82, 2.24) is 36.1 Å². The van der Waals surface area contributed by atoms with Crippen LogP contribution in [0.15, 0.2) is 54.7 Å². The first-order valence-electron chi connectivity index (χ1n) is 19.6. The van der Waals surface area contributed by atoms with Crippen molar-refractivity contribution in [2.24, 2.45) is 11.8 Å². The van der Waals surface area contributed by atoms with E-state index in [9.17, 15) is 24.0 Å². The summed E-state index contributed by atoms with van der Waals surface area (Å²) in [6.45, 7) is 13.1. The van der Waals surface area contributed by atoms with Gasteiger partial charge in [-0.15, -0.1) is 11.8 Å². The third kappa shape index (κ3) is 12.3. The van der Waals surface area contributed by atoms with Crippen LogP contribution in [0.2, 0.25) is 0 Å². The molecular weight excluding hydrogens is 873 g/mol. The van der Waals surface area contributed by atoms with Crippen molar-refractivity contribution in [3.05, 3.63) is 66.1 Å². The van der Waals surface area contributed by atoms with Crippen LogP contribution in [-0.4, -0.2) is 106 Å². The van der Waals surface area contributed by atoms with Crippen LogP contribution in [0.4, 0.5) is 9.59 Å². The number of amides is 5. The summed E-state index contributed by atoms with van der Waals surface area (Å²) in [5, 5.41) is 11.3. The van der Waals surface area contributed by atoms with Crippen molar-refractivity contribution in [2.45, 2.75) is 81.1 Å². The lowest BCUT2D eigenvalue weighted by Gasteiger charge is -2.32. The van der Waals surface area contributed by atoms with Crippen molar-refractivity contribution in [2.75, 3.05) is 46.2 Å². The van der Waals surface area contributed by atoms with Crippen LogP contribution in [0.1, 0.15) is 77.0 Å². The predicted molar refractivity (Wildman–Crippen MR) is 236 cm³/mol. The first-order chi connectivity index (χ1) is 27.5. The Morgan fingerprint density at radius 1 is 0.897 bits per heavy atom. The van der Waals surface area contributed by atoms with Crippen molar-refractivity contribution in [1.29, 1.82) is 0 Å². The maximum absolute atomic E-state index is 13.4. The summed E-state index contributed by atoms with van der Waals surface area (Å²) < 4.78 is 9.52. The Morgan fingerprint density at radius 3 is 2.03 bits per heavy atom. The summed E-state index contributed by atoms with van der Waals surface area (Å²) in [6.07, 6.45) is 2.80. The molecular formula is C42H58IN7O7S. The summed E-state index contributed by atoms with van der Waals surface area (Å²) in [6, 6.07) is 14.9. The number of alkyl carbamates (subject to hydrolysis) is 2. The summed E-state index contributed by atoms with van der Waals surface area (Å²) >= 11 is 4.11. The third-order valence-electron chi connectivity index (χ3n) is 10.4. The fourth-order valence-electron chi connectivity index (χ4n) is 6.39. The van der Waals surface area contributed by atoms with Crippen LogP contribution in [-0.2, 0) is 23.8 Å². The second kappa shape index (κ2) is 21.1. The van der Waals surface area contributed by atoms with Crippen molar-refractivity contribution >= 4 is 64.3 Å². The zero-order chi connectivity index (χ0) is 42.6. The second-order valence-corrected chi connectivity index (χ2v) is 18.9. The van der Waals surface area contributed by atoms with Gasteiger partial charge in [-0.05, 0) is 61.3 Å². The number of H-pyrrole nitrogens is 1. The second-order valence-electron chi connectivity index (χ2n) is 15.4. The fraction of sp³-hybridized carbons (Fsp3) is 0.524. The topological polar surface area (TPSA) is 184 Å². The molecule has 1 unspecified atom stereocenters. The minimum absolute atomic E-state index is 0.114. The zero-order valence-electron chi connectivity index (χ0n) is 34.7. The Morgan fingerprint density at radius 2 is 1.48 bits per heavy atom. The molecule has 316 valence electrons. The molecule has 1 aliphatic heterocycles. The number of methoxy groups -OCH3 is 2. The molecule has 1 saturated heterocycles. The molecule has 0 radical (unpaired) electrons. The highest BCUT2D eigenvalue weighted by Gasteiger charge is 2.48. The van der Waals surface area contributed by atoms with Gasteiger partial charge in [0, 0.05) is 53.2 Å². The third-order valence-corrected chi connectivity index (χ3v) is 12.2. The van der Waals surface area contributed by atoms with Gasteiger partial charge < -0.3 is 40.6 Å². The summed E-state index contributed by atoms with van der Waals surface area (Å²) in [4.78, 5) is 73.1. The van der Waals surface area contributed by atoms with E-state index >= 15 is 0 Å². The van der Waals surface area contributed by atoms with Crippen molar-refractivity contribution in [3.8, 4) is 22.4 Å². The molecule has 4 atom stereocenters. The molecule has 0 aliphatic carbocycles. The molecule has 3 aromatic rings. The number of nitrogens with zero attached hydrogens (tertiary/aromatic N) is 2. The Hall–Kier alpha value is -4.32. The number of ether oxygens (including phenoxy) is 2. The molecule has 0 saturated carbocycles. The van der Waals surface area contributed by atoms with Gasteiger partial charge in [0.2, 0.25) is 11.8 Å². The van der Waals surface area contributed by atoms with E-state index in [0.717, 1.165) is 46.8 Å². The number of hydrogen-bond donors (Lipinski definition) is 5. The first kappa shape index (κ1) is 46.4. The van der Waals surface area contributed by atoms with Gasteiger partial charge in [0.05, 0.1) is 24.7 Å². The van der Waals surface area contributed by atoms with Crippen LogP contribution in [0, 0.1) is 11.8 Å². The minimum atomic E-state index is -1.08. The quantitative estimate of drug-likeness (QED) is 0.0365. The number of thioether (sulfide) groups is 1. The van der Waals surface area contributed by atoms with Crippen LogP contribution >= 0.6 is 34.4 Å². The number of imidazole rings is 1. The zero-order valence-corrected chi connectivity index (χ0v) is 37.7. The van der Waals surface area contributed by atoms with Gasteiger partial charge in [-0.25, -0.2) is 14.6 Å². The van der Waals surface area contributed by atoms with Crippen molar-refractivity contribution < 1.29 is 33.4 Å². The number of alkyl halides is 1. The molecule has 0 spiro atoms. The molecule has 0 bridgehead atoms. The molecule has 4 rings (SSSR count). The number of carbonyl (C=O) groups excluding carboxylic acids is 5. The van der Waals surface area contributed by atoms with E-state index in [2.05, 4.69) is 48.8 Å². The van der Waals surface area contributed by atoms with E-state index in [1.807, 2.05) is 89.0 Å². The van der Waals surface area contributed by atoms with Crippen molar-refractivity contribution in [3.63, 3.8) is 0 Å². The fourth-order valence-corrected chi connectivity index (χ4v) is 7.85. The number of hydrogen-bond acceptors (Lipinski definition) is 9. The van der Waals surface area contributed by atoms with E-state index in [1.54, 1.807) is 24.0 Å². The number of rotatable bonds is 20. The number of nitrogens with one attached hydrogen (secondary N) is 5. The van der Waals surface area contributed by atoms with Gasteiger partial charge in [-0.3, -0.25) is 14.4 Å². The van der Waals surface area contributed by atoms with E-state index in [1.165, 1.54) is 14.2 Å². The number of carbonyl (C=O) groups is 5. The number of aromatic nitrogens is 2. The Kier molecular flexibility index (Phi) is 16.9. The summed E-state index contributed by atoms with van der Waals surface area (Å²) in [5.74, 6) is 1.01. The first-order valence-corrected chi connectivity index (χ1v) is 21.9. The van der Waals surface area contributed by atoms with Crippen LogP contribution < -0.4 is 21.3 Å². The van der Waals surface area contributed by atoms with Gasteiger partial charge >= 0.3 is 12.2 Å². The van der Waals surface area contributed by atoms with Gasteiger partial charge in [-0.2, -0.15) is 0 Å². The molecule has 5 amide bonds. The standard InChI is InChI=1S/C42H58IN7O7S/c1-26(2)34(48-39(54)56-7)36(52)50(24-28(5)43)22-10-21-44-35(51)32-17-13-30(14-18-32)29-11-15-31(16-12-29)33-23-46-37(47-33)42(25-58-42)19-9-20-45-38(53)41(6,27(3)4)49-40(55)57-8/h11-18,23,26-28,34H,9-10,19-22,24-25H2,1-8H3,(H,44,51)(H,45,53)(H,46,47)(H,48,54)(H,49,55)/t28?,34-,41+,42-/m0/s1. The van der Waals surface area contributed by atoms with Crippen LogP contribution in [0.25, 0.3) is 22.4 Å². The number of benzene rings is 2. The molecule has 16 heteroatoms. The molecule has 58 heavy (non-hydrogen) atoms. The maximum Gasteiger partial charge on any atom is 0.407 e. The highest BCUT2D eigenvalue weighted by molar-refractivity contribution is 14.1. The molecule has 1 fully saturated rings. The van der Waals surface area contributed by atoms with Gasteiger partial charge in [0.1, 0.15) is 17.4 Å². The average Bonchev–Trinajstić information content (AvgIpc) is 3.83. The monoisotopic (exact) mass is 931 g/mol.